The number of likely N-dealkylation sites (N-methyl/N-ethyl adjacent to an activating group) is 1. The fourth-order valence-electron chi connectivity index (χ4n) is 4.97. The van der Waals surface area contributed by atoms with Crippen molar-refractivity contribution in [1.82, 2.24) is 30.4 Å². The average molecular weight is 521 g/mol. The van der Waals surface area contributed by atoms with Crippen molar-refractivity contribution in [3.8, 4) is 22.9 Å². The summed E-state index contributed by atoms with van der Waals surface area (Å²) in [6.45, 7) is 7.26. The summed E-state index contributed by atoms with van der Waals surface area (Å²) in [7, 11) is 3.76. The lowest BCUT2D eigenvalue weighted by Crippen LogP contribution is -2.48. The molecule has 0 saturated carbocycles. The number of nitrogens with one attached hydrogen (secondary N) is 1. The second-order valence-corrected chi connectivity index (χ2v) is 9.93. The molecule has 0 spiro atoms. The molecule has 38 heavy (non-hydrogen) atoms. The fraction of sp³-hybridized carbons (Fsp3) is 0.517. The van der Waals surface area contributed by atoms with E-state index in [-0.39, 0.29) is 17.9 Å². The number of piperidine rings is 1. The van der Waals surface area contributed by atoms with Crippen molar-refractivity contribution >= 4 is 5.91 Å². The SMILES string of the molecule is CCCCCCn1nnc(-c2ccc(C(=O)N[C@@H]3CCN(C)C[C@@H]3c3ccc(OC)c(OCC)c3)cc2)n1. The lowest BCUT2D eigenvalue weighted by Gasteiger charge is -2.37. The van der Waals surface area contributed by atoms with E-state index < -0.39 is 0 Å². The molecule has 1 aromatic heterocycles. The summed E-state index contributed by atoms with van der Waals surface area (Å²) >= 11 is 0. The molecule has 2 aromatic carbocycles. The maximum Gasteiger partial charge on any atom is 0.251 e. The highest BCUT2D eigenvalue weighted by Crippen LogP contribution is 2.34. The van der Waals surface area contributed by atoms with E-state index in [1.54, 1.807) is 11.9 Å². The number of methoxy groups -OCH3 is 1. The van der Waals surface area contributed by atoms with Crippen LogP contribution in [0.3, 0.4) is 0 Å². The first kappa shape index (κ1) is 27.6. The number of carbonyl (C=O) groups is 1. The number of ether oxygens (including phenoxy) is 2. The van der Waals surface area contributed by atoms with Crippen molar-refractivity contribution in [2.75, 3.05) is 33.9 Å². The maximum atomic E-state index is 13.2. The zero-order chi connectivity index (χ0) is 26.9. The summed E-state index contributed by atoms with van der Waals surface area (Å²) in [5, 5.41) is 16.2. The first-order valence-corrected chi connectivity index (χ1v) is 13.7. The molecular formula is C29H40N6O3. The summed E-state index contributed by atoms with van der Waals surface area (Å²) in [5.41, 5.74) is 2.59. The van der Waals surface area contributed by atoms with Crippen LogP contribution in [-0.4, -0.2) is 70.9 Å². The van der Waals surface area contributed by atoms with Gasteiger partial charge in [-0.3, -0.25) is 4.79 Å². The van der Waals surface area contributed by atoms with Crippen LogP contribution in [-0.2, 0) is 6.54 Å². The Hall–Kier alpha value is -3.46. The van der Waals surface area contributed by atoms with Gasteiger partial charge in [0.15, 0.2) is 11.5 Å². The molecule has 1 aliphatic heterocycles. The fourth-order valence-corrected chi connectivity index (χ4v) is 4.97. The van der Waals surface area contributed by atoms with Crippen molar-refractivity contribution in [2.45, 2.75) is 64.5 Å². The maximum absolute atomic E-state index is 13.2. The number of amides is 1. The molecule has 0 aliphatic carbocycles. The highest BCUT2D eigenvalue weighted by Gasteiger charge is 2.31. The molecule has 1 saturated heterocycles. The van der Waals surface area contributed by atoms with E-state index in [1.165, 1.54) is 19.3 Å². The molecule has 1 fully saturated rings. The smallest absolute Gasteiger partial charge is 0.251 e. The third-order valence-electron chi connectivity index (χ3n) is 7.12. The Morgan fingerprint density at radius 1 is 1.08 bits per heavy atom. The molecule has 9 nitrogen and oxygen atoms in total. The summed E-state index contributed by atoms with van der Waals surface area (Å²) in [6, 6.07) is 13.5. The highest BCUT2D eigenvalue weighted by molar-refractivity contribution is 5.94. The number of aromatic nitrogens is 4. The Bertz CT molecular complexity index is 1180. The van der Waals surface area contributed by atoms with Crippen LogP contribution in [0.4, 0.5) is 0 Å². The Morgan fingerprint density at radius 3 is 2.63 bits per heavy atom. The van der Waals surface area contributed by atoms with Crippen molar-refractivity contribution in [2.24, 2.45) is 0 Å². The number of nitrogens with zero attached hydrogens (tertiary/aromatic N) is 5. The largest absolute Gasteiger partial charge is 0.493 e. The first-order valence-electron chi connectivity index (χ1n) is 13.7. The van der Waals surface area contributed by atoms with Crippen LogP contribution >= 0.6 is 0 Å². The summed E-state index contributed by atoms with van der Waals surface area (Å²) in [5.74, 6) is 2.08. The minimum atomic E-state index is -0.0813. The molecule has 3 aromatic rings. The minimum Gasteiger partial charge on any atom is -0.493 e. The van der Waals surface area contributed by atoms with Crippen LogP contribution in [0.1, 0.15) is 67.8 Å². The van der Waals surface area contributed by atoms with Gasteiger partial charge in [0.2, 0.25) is 5.82 Å². The van der Waals surface area contributed by atoms with Gasteiger partial charge < -0.3 is 19.7 Å². The summed E-state index contributed by atoms with van der Waals surface area (Å²) in [6.07, 6.45) is 5.50. The van der Waals surface area contributed by atoms with Crippen LogP contribution in [0.5, 0.6) is 11.5 Å². The molecule has 4 rings (SSSR count). The van der Waals surface area contributed by atoms with Gasteiger partial charge >= 0.3 is 0 Å². The van der Waals surface area contributed by atoms with Gasteiger partial charge in [-0.1, -0.05) is 44.4 Å². The molecule has 0 unspecified atom stereocenters. The lowest BCUT2D eigenvalue weighted by molar-refractivity contribution is 0.0904. The van der Waals surface area contributed by atoms with Crippen molar-refractivity contribution in [3.63, 3.8) is 0 Å². The molecule has 9 heteroatoms. The molecular weight excluding hydrogens is 480 g/mol. The van der Waals surface area contributed by atoms with Crippen molar-refractivity contribution < 1.29 is 14.3 Å². The molecule has 0 radical (unpaired) electrons. The zero-order valence-corrected chi connectivity index (χ0v) is 23.0. The topological polar surface area (TPSA) is 94.4 Å². The van der Waals surface area contributed by atoms with E-state index in [2.05, 4.69) is 45.7 Å². The minimum absolute atomic E-state index is 0.00974. The van der Waals surface area contributed by atoms with E-state index >= 15 is 0 Å². The summed E-state index contributed by atoms with van der Waals surface area (Å²) < 4.78 is 11.3. The number of rotatable bonds is 12. The van der Waals surface area contributed by atoms with Crippen LogP contribution in [0, 0.1) is 0 Å². The quantitative estimate of drug-likeness (QED) is 0.350. The van der Waals surface area contributed by atoms with Crippen molar-refractivity contribution in [3.05, 3.63) is 53.6 Å². The van der Waals surface area contributed by atoms with Gasteiger partial charge in [-0.15, -0.1) is 10.2 Å². The number of likely N-dealkylation sites (tertiary alicyclic amines) is 1. The molecule has 1 amide bonds. The van der Waals surface area contributed by atoms with Crippen LogP contribution in [0.2, 0.25) is 0 Å². The second kappa shape index (κ2) is 13.4. The molecule has 0 bridgehead atoms. The highest BCUT2D eigenvalue weighted by atomic mass is 16.5. The normalized spacial score (nSPS) is 17.8. The Kier molecular flexibility index (Phi) is 9.70. The number of tetrazole rings is 1. The third kappa shape index (κ3) is 6.89. The first-order chi connectivity index (χ1) is 18.5. The van der Waals surface area contributed by atoms with Gasteiger partial charge in [-0.2, -0.15) is 4.80 Å². The van der Waals surface area contributed by atoms with Gasteiger partial charge in [0.1, 0.15) is 0 Å². The standard InChI is InChI=1S/C29H40N6O3/c1-5-7-8-9-17-35-32-28(31-33-35)21-10-12-22(13-11-21)29(36)30-25-16-18-34(3)20-24(25)23-14-15-26(37-4)27(19-23)38-6-2/h10-15,19,24-25H,5-9,16-18,20H2,1-4H3,(H,30,36)/t24-,25-/m1/s1. The lowest BCUT2D eigenvalue weighted by atomic mass is 9.85. The van der Waals surface area contributed by atoms with Gasteiger partial charge in [-0.25, -0.2) is 0 Å². The van der Waals surface area contributed by atoms with Gasteiger partial charge in [0, 0.05) is 29.6 Å². The van der Waals surface area contributed by atoms with E-state index in [0.29, 0.717) is 23.7 Å². The van der Waals surface area contributed by atoms with Crippen LogP contribution in [0.15, 0.2) is 42.5 Å². The van der Waals surface area contributed by atoms with Crippen LogP contribution in [0.25, 0.3) is 11.4 Å². The number of carbonyl (C=O) groups excluding carboxylic acids is 1. The predicted molar refractivity (Wildman–Crippen MR) is 148 cm³/mol. The molecule has 1 N–H and O–H groups in total. The van der Waals surface area contributed by atoms with Crippen LogP contribution < -0.4 is 14.8 Å². The van der Waals surface area contributed by atoms with E-state index in [1.807, 2.05) is 43.3 Å². The van der Waals surface area contributed by atoms with Crippen molar-refractivity contribution in [1.29, 1.82) is 0 Å². The average Bonchev–Trinajstić information content (AvgIpc) is 3.41. The van der Waals surface area contributed by atoms with Gasteiger partial charge in [-0.05, 0) is 68.4 Å². The van der Waals surface area contributed by atoms with E-state index in [4.69, 9.17) is 9.47 Å². The van der Waals surface area contributed by atoms with E-state index in [9.17, 15) is 4.79 Å². The number of benzene rings is 2. The van der Waals surface area contributed by atoms with E-state index in [0.717, 1.165) is 49.4 Å². The number of hydrogen-bond acceptors (Lipinski definition) is 7. The Morgan fingerprint density at radius 2 is 1.89 bits per heavy atom. The van der Waals surface area contributed by atoms with Gasteiger partial charge in [0.25, 0.3) is 5.91 Å². The predicted octanol–water partition coefficient (Wildman–Crippen LogP) is 4.55. The van der Waals surface area contributed by atoms with Gasteiger partial charge in [0.05, 0.1) is 20.3 Å². The Balaban J connectivity index is 1.43. The number of aryl methyl sites for hydroxylation is 1. The summed E-state index contributed by atoms with van der Waals surface area (Å²) in [4.78, 5) is 17.2. The second-order valence-electron chi connectivity index (χ2n) is 9.93. The third-order valence-corrected chi connectivity index (χ3v) is 7.12. The number of unbranched alkanes of at least 4 members (excludes halogenated alkanes) is 3. The molecule has 2 heterocycles. The zero-order valence-electron chi connectivity index (χ0n) is 23.0. The molecule has 1 aliphatic rings. The number of hydrogen-bond donors (Lipinski definition) is 1. The molecule has 204 valence electrons. The monoisotopic (exact) mass is 520 g/mol. The Labute approximate surface area is 225 Å². The molecule has 2 atom stereocenters.